The second kappa shape index (κ2) is 4.97. The van der Waals surface area contributed by atoms with Crippen LogP contribution in [0.15, 0.2) is 16.8 Å². The summed E-state index contributed by atoms with van der Waals surface area (Å²) in [5, 5.41) is 13.0. The molecule has 0 spiro atoms. The molecule has 2 rings (SSSR count). The topological polar surface area (TPSA) is 40.5 Å². The highest BCUT2D eigenvalue weighted by atomic mass is 32.1. The van der Waals surface area contributed by atoms with Gasteiger partial charge in [-0.05, 0) is 48.2 Å². The number of hydrogen-bond donors (Lipinski definition) is 1. The Kier molecular flexibility index (Phi) is 3.61. The molecule has 1 fully saturated rings. The number of nitrogens with zero attached hydrogens (tertiary/aromatic N) is 1. The molecule has 1 aliphatic heterocycles. The standard InChI is InChI=1S/C12H17NO2S/c1-9(11-3-5-16-8-11)13-4-2-10(7-13)6-12(14)15/h3,5,8-10H,2,4,6-7H2,1H3,(H,14,15). The molecule has 0 radical (unpaired) electrons. The molecule has 1 N–H and O–H groups in total. The van der Waals surface area contributed by atoms with Crippen LogP contribution < -0.4 is 0 Å². The third-order valence-corrected chi connectivity index (χ3v) is 4.06. The van der Waals surface area contributed by atoms with E-state index < -0.39 is 5.97 Å². The molecule has 0 saturated carbocycles. The van der Waals surface area contributed by atoms with Gasteiger partial charge in [0.1, 0.15) is 0 Å². The van der Waals surface area contributed by atoms with Gasteiger partial charge in [-0.1, -0.05) is 0 Å². The smallest absolute Gasteiger partial charge is 0.303 e. The van der Waals surface area contributed by atoms with Crippen LogP contribution >= 0.6 is 11.3 Å². The lowest BCUT2D eigenvalue weighted by molar-refractivity contribution is -0.138. The number of carboxylic acids is 1. The van der Waals surface area contributed by atoms with E-state index in [4.69, 9.17) is 5.11 Å². The first-order valence-electron chi connectivity index (χ1n) is 5.64. The molecule has 0 aliphatic carbocycles. The Morgan fingerprint density at radius 3 is 3.19 bits per heavy atom. The van der Waals surface area contributed by atoms with Crippen LogP contribution in [0, 0.1) is 5.92 Å². The van der Waals surface area contributed by atoms with Crippen LogP contribution in [-0.4, -0.2) is 29.1 Å². The van der Waals surface area contributed by atoms with Crippen LogP contribution in [0.1, 0.15) is 31.4 Å². The molecule has 1 saturated heterocycles. The first kappa shape index (κ1) is 11.6. The summed E-state index contributed by atoms with van der Waals surface area (Å²) in [6.45, 7) is 4.14. The zero-order valence-electron chi connectivity index (χ0n) is 9.43. The Bertz CT molecular complexity index is 350. The number of rotatable bonds is 4. The van der Waals surface area contributed by atoms with Crippen LogP contribution in [0.4, 0.5) is 0 Å². The number of carbonyl (C=O) groups is 1. The quantitative estimate of drug-likeness (QED) is 0.878. The highest BCUT2D eigenvalue weighted by Gasteiger charge is 2.28. The van der Waals surface area contributed by atoms with Crippen molar-refractivity contribution in [2.24, 2.45) is 5.92 Å². The van der Waals surface area contributed by atoms with Gasteiger partial charge in [0.15, 0.2) is 0 Å². The highest BCUT2D eigenvalue weighted by Crippen LogP contribution is 2.29. The summed E-state index contributed by atoms with van der Waals surface area (Å²) in [5.41, 5.74) is 1.35. The Labute approximate surface area is 99.7 Å². The summed E-state index contributed by atoms with van der Waals surface area (Å²) in [4.78, 5) is 13.0. The summed E-state index contributed by atoms with van der Waals surface area (Å²) >= 11 is 1.72. The fourth-order valence-corrected chi connectivity index (χ4v) is 3.10. The zero-order chi connectivity index (χ0) is 11.5. The van der Waals surface area contributed by atoms with Crippen LogP contribution in [0.2, 0.25) is 0 Å². The van der Waals surface area contributed by atoms with Crippen molar-refractivity contribution in [2.75, 3.05) is 13.1 Å². The molecule has 1 aromatic heterocycles. The molecule has 2 heterocycles. The molecule has 4 heteroatoms. The maximum Gasteiger partial charge on any atom is 0.303 e. The fourth-order valence-electron chi connectivity index (χ4n) is 2.35. The Morgan fingerprint density at radius 2 is 2.56 bits per heavy atom. The van der Waals surface area contributed by atoms with E-state index >= 15 is 0 Å². The molecule has 2 atom stereocenters. The molecule has 2 unspecified atom stereocenters. The molecule has 1 aliphatic rings. The zero-order valence-corrected chi connectivity index (χ0v) is 10.2. The van der Waals surface area contributed by atoms with Crippen molar-refractivity contribution in [3.8, 4) is 0 Å². The van der Waals surface area contributed by atoms with Crippen molar-refractivity contribution >= 4 is 17.3 Å². The van der Waals surface area contributed by atoms with Crippen molar-refractivity contribution < 1.29 is 9.90 Å². The predicted octanol–water partition coefficient (Wildman–Crippen LogP) is 2.61. The second-order valence-corrected chi connectivity index (χ2v) is 5.26. The molecule has 0 aromatic carbocycles. The van der Waals surface area contributed by atoms with Crippen molar-refractivity contribution in [1.82, 2.24) is 4.90 Å². The molecule has 0 amide bonds. The third-order valence-electron chi connectivity index (χ3n) is 3.35. The molecule has 88 valence electrons. The SMILES string of the molecule is CC(c1ccsc1)N1CCC(CC(=O)O)C1. The first-order valence-corrected chi connectivity index (χ1v) is 6.59. The van der Waals surface area contributed by atoms with Gasteiger partial charge in [0.2, 0.25) is 0 Å². The maximum absolute atomic E-state index is 10.6. The van der Waals surface area contributed by atoms with Crippen molar-refractivity contribution in [3.05, 3.63) is 22.4 Å². The number of thiophene rings is 1. The highest BCUT2D eigenvalue weighted by molar-refractivity contribution is 7.07. The largest absolute Gasteiger partial charge is 0.481 e. The molecule has 0 bridgehead atoms. The van der Waals surface area contributed by atoms with Crippen LogP contribution in [0.25, 0.3) is 0 Å². The van der Waals surface area contributed by atoms with E-state index in [1.54, 1.807) is 11.3 Å². The summed E-state index contributed by atoms with van der Waals surface area (Å²) in [6, 6.07) is 2.57. The lowest BCUT2D eigenvalue weighted by Crippen LogP contribution is -2.24. The average molecular weight is 239 g/mol. The van der Waals surface area contributed by atoms with Gasteiger partial charge in [0.05, 0.1) is 0 Å². The molecular formula is C12H17NO2S. The Balaban J connectivity index is 1.91. The van der Waals surface area contributed by atoms with Gasteiger partial charge < -0.3 is 5.11 Å². The summed E-state index contributed by atoms with van der Waals surface area (Å²) in [6.07, 6.45) is 1.33. The minimum absolute atomic E-state index is 0.312. The number of carboxylic acid groups (broad SMARTS) is 1. The lowest BCUT2D eigenvalue weighted by Gasteiger charge is -2.23. The van der Waals surface area contributed by atoms with E-state index in [1.165, 1.54) is 5.56 Å². The number of likely N-dealkylation sites (tertiary alicyclic amines) is 1. The van der Waals surface area contributed by atoms with Crippen LogP contribution in [0.3, 0.4) is 0 Å². The third kappa shape index (κ3) is 2.62. The van der Waals surface area contributed by atoms with E-state index in [0.717, 1.165) is 19.5 Å². The fraction of sp³-hybridized carbons (Fsp3) is 0.583. The average Bonchev–Trinajstić information content (AvgIpc) is 2.84. The first-order chi connectivity index (χ1) is 7.66. The summed E-state index contributed by atoms with van der Waals surface area (Å²) in [5.74, 6) is -0.339. The normalized spacial score (nSPS) is 23.4. The maximum atomic E-state index is 10.6. The molecule has 16 heavy (non-hydrogen) atoms. The van der Waals surface area contributed by atoms with E-state index in [1.807, 2.05) is 0 Å². The summed E-state index contributed by atoms with van der Waals surface area (Å²) < 4.78 is 0. The van der Waals surface area contributed by atoms with Gasteiger partial charge in [-0.15, -0.1) is 0 Å². The van der Waals surface area contributed by atoms with Gasteiger partial charge in [0.25, 0.3) is 0 Å². The van der Waals surface area contributed by atoms with E-state index in [0.29, 0.717) is 18.4 Å². The van der Waals surface area contributed by atoms with E-state index in [-0.39, 0.29) is 0 Å². The minimum Gasteiger partial charge on any atom is -0.481 e. The van der Waals surface area contributed by atoms with Gasteiger partial charge in [-0.25, -0.2) is 0 Å². The molecule has 3 nitrogen and oxygen atoms in total. The van der Waals surface area contributed by atoms with E-state index in [2.05, 4.69) is 28.7 Å². The Hall–Kier alpha value is -0.870. The van der Waals surface area contributed by atoms with Crippen LogP contribution in [-0.2, 0) is 4.79 Å². The second-order valence-electron chi connectivity index (χ2n) is 4.48. The monoisotopic (exact) mass is 239 g/mol. The van der Waals surface area contributed by atoms with E-state index in [9.17, 15) is 4.79 Å². The van der Waals surface area contributed by atoms with Gasteiger partial charge in [0, 0.05) is 19.0 Å². The van der Waals surface area contributed by atoms with Crippen molar-refractivity contribution in [3.63, 3.8) is 0 Å². The number of aliphatic carboxylic acids is 1. The Morgan fingerprint density at radius 1 is 1.75 bits per heavy atom. The van der Waals surface area contributed by atoms with Gasteiger partial charge >= 0.3 is 5.97 Å². The van der Waals surface area contributed by atoms with Crippen molar-refractivity contribution in [1.29, 1.82) is 0 Å². The molecule has 1 aromatic rings. The predicted molar refractivity (Wildman–Crippen MR) is 64.7 cm³/mol. The van der Waals surface area contributed by atoms with Gasteiger partial charge in [-0.2, -0.15) is 11.3 Å². The van der Waals surface area contributed by atoms with Crippen molar-refractivity contribution in [2.45, 2.75) is 25.8 Å². The van der Waals surface area contributed by atoms with Crippen LogP contribution in [0.5, 0.6) is 0 Å². The lowest BCUT2D eigenvalue weighted by atomic mass is 10.1. The number of hydrogen-bond acceptors (Lipinski definition) is 3. The summed E-state index contributed by atoms with van der Waals surface area (Å²) in [7, 11) is 0. The van der Waals surface area contributed by atoms with Gasteiger partial charge in [-0.3, -0.25) is 9.69 Å². The minimum atomic E-state index is -0.671. The molecular weight excluding hydrogens is 222 g/mol.